The second-order valence-corrected chi connectivity index (χ2v) is 8.05. The van der Waals surface area contributed by atoms with Gasteiger partial charge >= 0.3 is 0 Å². The summed E-state index contributed by atoms with van der Waals surface area (Å²) >= 11 is 0. The highest BCUT2D eigenvalue weighted by atomic mass is 35.5. The molecule has 0 aliphatic carbocycles. The topological polar surface area (TPSA) is 12.4 Å². The summed E-state index contributed by atoms with van der Waals surface area (Å²) in [6, 6.07) is 0. The maximum Gasteiger partial charge on any atom is 0.197 e. The molecule has 0 fully saturated rings. The Balaban J connectivity index is 0.00000529. The van der Waals surface area contributed by atoms with Crippen LogP contribution in [-0.2, 0) is 0 Å². The summed E-state index contributed by atoms with van der Waals surface area (Å²) in [4.78, 5) is 4.68. The van der Waals surface area contributed by atoms with E-state index in [1.807, 2.05) is 0 Å². The second-order valence-electron chi connectivity index (χ2n) is 8.05. The van der Waals surface area contributed by atoms with E-state index in [0.29, 0.717) is 0 Å². The van der Waals surface area contributed by atoms with Gasteiger partial charge in [-0.05, 0) is 6.42 Å². The van der Waals surface area contributed by atoms with Crippen LogP contribution in [0.15, 0.2) is 4.99 Å². The summed E-state index contributed by atoms with van der Waals surface area (Å²) < 4.78 is 1.04. The fourth-order valence-corrected chi connectivity index (χ4v) is 3.61. The van der Waals surface area contributed by atoms with E-state index >= 15 is 0 Å². The molecule has 1 aliphatic rings. The zero-order chi connectivity index (χ0) is 16.8. The third-order valence-electron chi connectivity index (χ3n) is 5.41. The standard InChI is InChI=1S/C21H43N2.ClH/c1-4-5-6-7-8-9-10-11-12-13-14-15-16-17-18-21-22-19-20-23(21,2)3;/h4-20H2,1-3H3;1H/q+1;/p-1. The second kappa shape index (κ2) is 15.2. The quantitative estimate of drug-likeness (QED) is 0.314. The molecule has 0 atom stereocenters. The van der Waals surface area contributed by atoms with Gasteiger partial charge < -0.3 is 12.4 Å². The van der Waals surface area contributed by atoms with Crippen molar-refractivity contribution in [1.29, 1.82) is 0 Å². The molecule has 1 heterocycles. The largest absolute Gasteiger partial charge is 1.00 e. The first kappa shape index (κ1) is 23.9. The van der Waals surface area contributed by atoms with Gasteiger partial charge in [-0.2, -0.15) is 0 Å². The van der Waals surface area contributed by atoms with Gasteiger partial charge in [0.1, 0.15) is 6.54 Å². The molecule has 0 aromatic rings. The van der Waals surface area contributed by atoms with E-state index in [-0.39, 0.29) is 12.4 Å². The minimum atomic E-state index is 0. The van der Waals surface area contributed by atoms with Crippen molar-refractivity contribution in [3.8, 4) is 0 Å². The van der Waals surface area contributed by atoms with Crippen molar-refractivity contribution in [2.45, 2.75) is 103 Å². The third kappa shape index (κ3) is 11.5. The van der Waals surface area contributed by atoms with E-state index in [9.17, 15) is 0 Å². The van der Waals surface area contributed by atoms with Gasteiger partial charge in [-0.25, -0.2) is 4.99 Å². The molecule has 0 unspecified atom stereocenters. The minimum absolute atomic E-state index is 0. The number of amidine groups is 1. The predicted octanol–water partition coefficient (Wildman–Crippen LogP) is 3.35. The summed E-state index contributed by atoms with van der Waals surface area (Å²) in [5.74, 6) is 1.43. The maximum absolute atomic E-state index is 4.68. The van der Waals surface area contributed by atoms with Crippen molar-refractivity contribution in [3.63, 3.8) is 0 Å². The van der Waals surface area contributed by atoms with Crippen molar-refractivity contribution in [3.05, 3.63) is 0 Å². The van der Waals surface area contributed by atoms with Crippen molar-refractivity contribution >= 4 is 5.84 Å². The van der Waals surface area contributed by atoms with Crippen LogP contribution in [0.5, 0.6) is 0 Å². The van der Waals surface area contributed by atoms with E-state index in [1.165, 1.54) is 109 Å². The molecule has 0 bridgehead atoms. The van der Waals surface area contributed by atoms with E-state index in [4.69, 9.17) is 0 Å². The van der Waals surface area contributed by atoms with Crippen LogP contribution in [0.3, 0.4) is 0 Å². The SMILES string of the molecule is CCCCCCCCCCCCCCCCC1=NCC[N+]1(C)C.[Cl-]. The average molecular weight is 359 g/mol. The molecule has 144 valence electrons. The van der Waals surface area contributed by atoms with Gasteiger partial charge in [0, 0.05) is 6.42 Å². The lowest BCUT2D eigenvalue weighted by Gasteiger charge is -2.24. The van der Waals surface area contributed by atoms with Crippen LogP contribution in [0.2, 0.25) is 0 Å². The number of quaternary nitrogens is 1. The van der Waals surface area contributed by atoms with Gasteiger partial charge in [-0.3, -0.25) is 4.48 Å². The Labute approximate surface area is 158 Å². The first-order valence-electron chi connectivity index (χ1n) is 10.5. The molecule has 0 saturated heterocycles. The van der Waals surface area contributed by atoms with E-state index in [1.54, 1.807) is 0 Å². The summed E-state index contributed by atoms with van der Waals surface area (Å²) in [5, 5.41) is 0. The number of halogens is 1. The molecule has 0 spiro atoms. The highest BCUT2D eigenvalue weighted by Gasteiger charge is 2.27. The van der Waals surface area contributed by atoms with Crippen molar-refractivity contribution in [2.75, 3.05) is 27.2 Å². The molecule has 0 saturated carbocycles. The van der Waals surface area contributed by atoms with Gasteiger partial charge in [-0.15, -0.1) is 0 Å². The van der Waals surface area contributed by atoms with Crippen LogP contribution in [0, 0.1) is 0 Å². The highest BCUT2D eigenvalue weighted by molar-refractivity contribution is 5.76. The molecule has 0 amide bonds. The van der Waals surface area contributed by atoms with E-state index in [0.717, 1.165) is 11.0 Å². The number of aliphatic imine (C=N–C) groups is 1. The van der Waals surface area contributed by atoms with Gasteiger partial charge in [0.05, 0.1) is 20.6 Å². The summed E-state index contributed by atoms with van der Waals surface area (Å²) in [6.45, 7) is 4.54. The van der Waals surface area contributed by atoms with Gasteiger partial charge in [0.25, 0.3) is 0 Å². The van der Waals surface area contributed by atoms with Crippen molar-refractivity contribution in [1.82, 2.24) is 0 Å². The Morgan fingerprint density at radius 1 is 0.708 bits per heavy atom. The number of hydrogen-bond acceptors (Lipinski definition) is 1. The zero-order valence-corrected chi connectivity index (χ0v) is 17.5. The van der Waals surface area contributed by atoms with Crippen LogP contribution in [0.25, 0.3) is 0 Å². The molecular formula is C21H43ClN2. The highest BCUT2D eigenvalue weighted by Crippen LogP contribution is 2.16. The number of nitrogens with zero attached hydrogens (tertiary/aromatic N) is 2. The van der Waals surface area contributed by atoms with Gasteiger partial charge in [0.2, 0.25) is 0 Å². The summed E-state index contributed by atoms with van der Waals surface area (Å²) in [6.07, 6.45) is 21.4. The molecule has 24 heavy (non-hydrogen) atoms. The Kier molecular flexibility index (Phi) is 15.1. The monoisotopic (exact) mass is 358 g/mol. The molecule has 0 aromatic carbocycles. The first-order chi connectivity index (χ1) is 11.2. The molecule has 1 rings (SSSR count). The lowest BCUT2D eigenvalue weighted by Crippen LogP contribution is -3.00. The third-order valence-corrected chi connectivity index (χ3v) is 5.41. The number of unbranched alkanes of at least 4 members (excludes halogenated alkanes) is 13. The summed E-state index contributed by atoms with van der Waals surface area (Å²) in [5.41, 5.74) is 0. The van der Waals surface area contributed by atoms with Crippen LogP contribution in [-0.4, -0.2) is 37.5 Å². The van der Waals surface area contributed by atoms with Gasteiger partial charge in [-0.1, -0.05) is 90.4 Å². The van der Waals surface area contributed by atoms with Crippen LogP contribution >= 0.6 is 0 Å². The molecule has 2 nitrogen and oxygen atoms in total. The first-order valence-corrected chi connectivity index (χ1v) is 10.5. The van der Waals surface area contributed by atoms with E-state index < -0.39 is 0 Å². The van der Waals surface area contributed by atoms with Crippen LogP contribution in [0.4, 0.5) is 0 Å². The fourth-order valence-electron chi connectivity index (χ4n) is 3.61. The smallest absolute Gasteiger partial charge is 0.197 e. The summed E-state index contributed by atoms with van der Waals surface area (Å²) in [7, 11) is 4.60. The lowest BCUT2D eigenvalue weighted by molar-refractivity contribution is -0.793. The molecular weight excluding hydrogens is 316 g/mol. The molecule has 1 aliphatic heterocycles. The molecule has 0 radical (unpaired) electrons. The Morgan fingerprint density at radius 2 is 1.12 bits per heavy atom. The Hall–Kier alpha value is -0.0800. The maximum atomic E-state index is 4.68. The van der Waals surface area contributed by atoms with Gasteiger partial charge in [0.15, 0.2) is 5.84 Å². The number of hydrogen-bond donors (Lipinski definition) is 0. The Morgan fingerprint density at radius 3 is 1.50 bits per heavy atom. The predicted molar refractivity (Wildman–Crippen MR) is 104 cm³/mol. The minimum Gasteiger partial charge on any atom is -1.00 e. The fraction of sp³-hybridized carbons (Fsp3) is 0.952. The van der Waals surface area contributed by atoms with Crippen LogP contribution < -0.4 is 12.4 Å². The van der Waals surface area contributed by atoms with Crippen molar-refractivity contribution in [2.24, 2.45) is 4.99 Å². The molecule has 0 N–H and O–H groups in total. The zero-order valence-electron chi connectivity index (χ0n) is 16.8. The lowest BCUT2D eigenvalue weighted by atomic mass is 10.0. The number of likely N-dealkylation sites (N-methyl/N-ethyl adjacent to an activating group) is 1. The molecule has 3 heteroatoms. The van der Waals surface area contributed by atoms with Crippen LogP contribution in [0.1, 0.15) is 103 Å². The normalized spacial score (nSPS) is 16.0. The Bertz CT molecular complexity index is 313. The average Bonchev–Trinajstić information content (AvgIpc) is 2.86. The van der Waals surface area contributed by atoms with E-state index in [2.05, 4.69) is 26.0 Å². The number of rotatable bonds is 15. The van der Waals surface area contributed by atoms with Crippen molar-refractivity contribution < 1.29 is 16.9 Å². The molecule has 0 aromatic heterocycles.